The standard InChI is InChI=1S/C29H56O4/c1-5-9-13-14-15-16-17-26(23-25-18-19-27-28(24-25)33-27)29(30-20-10-6-2,31-21-11-7-3)32-22-12-8-4/h25-28H,5-24H2,1-4H3. The van der Waals surface area contributed by atoms with E-state index in [2.05, 4.69) is 27.7 Å². The quantitative estimate of drug-likeness (QED) is 0.0908. The van der Waals surface area contributed by atoms with Crippen LogP contribution in [0.15, 0.2) is 0 Å². The van der Waals surface area contributed by atoms with Gasteiger partial charge < -0.3 is 18.9 Å². The Hall–Kier alpha value is -0.160. The highest BCUT2D eigenvalue weighted by Gasteiger charge is 2.48. The van der Waals surface area contributed by atoms with Gasteiger partial charge in [-0.3, -0.25) is 0 Å². The topological polar surface area (TPSA) is 40.2 Å². The van der Waals surface area contributed by atoms with Crippen LogP contribution in [0.25, 0.3) is 0 Å². The van der Waals surface area contributed by atoms with Gasteiger partial charge in [-0.25, -0.2) is 0 Å². The SMILES string of the molecule is CCCCCCCCC(CC1CCC2OC2C1)C(OCCCC)(OCCCC)OCCCC. The lowest BCUT2D eigenvalue weighted by molar-refractivity contribution is -0.408. The molecular formula is C29H56O4. The van der Waals surface area contributed by atoms with E-state index in [-0.39, 0.29) is 0 Å². The highest BCUT2D eigenvalue weighted by atomic mass is 16.9. The van der Waals surface area contributed by atoms with Crippen molar-refractivity contribution < 1.29 is 18.9 Å². The average molecular weight is 469 g/mol. The first kappa shape index (κ1) is 29.1. The van der Waals surface area contributed by atoms with Gasteiger partial charge in [0.1, 0.15) is 0 Å². The Morgan fingerprint density at radius 1 is 0.667 bits per heavy atom. The molecule has 4 unspecified atom stereocenters. The maximum absolute atomic E-state index is 6.62. The van der Waals surface area contributed by atoms with Crippen LogP contribution in [0.4, 0.5) is 0 Å². The van der Waals surface area contributed by atoms with Gasteiger partial charge in [0, 0.05) is 5.92 Å². The van der Waals surface area contributed by atoms with Gasteiger partial charge in [0.05, 0.1) is 32.0 Å². The Morgan fingerprint density at radius 3 is 1.76 bits per heavy atom. The molecule has 1 aliphatic heterocycles. The first-order valence-corrected chi connectivity index (χ1v) is 14.8. The summed E-state index contributed by atoms with van der Waals surface area (Å²) in [5.74, 6) is 0.136. The molecule has 0 spiro atoms. The smallest absolute Gasteiger partial charge is 0.285 e. The van der Waals surface area contributed by atoms with E-state index in [4.69, 9.17) is 18.9 Å². The fraction of sp³-hybridized carbons (Fsp3) is 1.00. The lowest BCUT2D eigenvalue weighted by atomic mass is 9.80. The third kappa shape index (κ3) is 11.0. The van der Waals surface area contributed by atoms with Gasteiger partial charge in [-0.05, 0) is 57.3 Å². The number of epoxide rings is 1. The summed E-state index contributed by atoms with van der Waals surface area (Å²) in [4.78, 5) is 0. The van der Waals surface area contributed by atoms with Gasteiger partial charge in [-0.1, -0.05) is 85.5 Å². The molecule has 1 saturated heterocycles. The predicted octanol–water partition coefficient (Wildman–Crippen LogP) is 8.41. The second kappa shape index (κ2) is 17.3. The number of unbranched alkanes of at least 4 members (excludes halogenated alkanes) is 8. The summed E-state index contributed by atoms with van der Waals surface area (Å²) in [5.41, 5.74) is 0. The van der Waals surface area contributed by atoms with Crippen LogP contribution in [0.3, 0.4) is 0 Å². The van der Waals surface area contributed by atoms with E-state index in [1.165, 1.54) is 57.8 Å². The van der Waals surface area contributed by atoms with Gasteiger partial charge in [0.2, 0.25) is 0 Å². The second-order valence-electron chi connectivity index (χ2n) is 10.6. The van der Waals surface area contributed by atoms with Gasteiger partial charge in [0.25, 0.3) is 5.97 Å². The molecule has 1 heterocycles. The summed E-state index contributed by atoms with van der Waals surface area (Å²) >= 11 is 0. The number of rotatable bonds is 22. The van der Waals surface area contributed by atoms with Gasteiger partial charge >= 0.3 is 0 Å². The fourth-order valence-electron chi connectivity index (χ4n) is 5.27. The first-order valence-electron chi connectivity index (χ1n) is 14.8. The molecule has 4 heteroatoms. The van der Waals surface area contributed by atoms with E-state index >= 15 is 0 Å². The van der Waals surface area contributed by atoms with Gasteiger partial charge in [-0.15, -0.1) is 0 Å². The van der Waals surface area contributed by atoms with Crippen molar-refractivity contribution in [3.05, 3.63) is 0 Å². The summed E-state index contributed by atoms with van der Waals surface area (Å²) in [6.07, 6.45) is 21.6. The van der Waals surface area contributed by atoms with Crippen LogP contribution in [0.2, 0.25) is 0 Å². The Labute approximate surface area is 205 Å². The molecule has 0 aromatic rings. The Morgan fingerprint density at radius 2 is 1.21 bits per heavy atom. The minimum atomic E-state index is -0.871. The first-order chi connectivity index (χ1) is 16.2. The Bertz CT molecular complexity index is 442. The summed E-state index contributed by atoms with van der Waals surface area (Å²) in [5, 5.41) is 0. The molecule has 0 aromatic heterocycles. The summed E-state index contributed by atoms with van der Waals surface area (Å²) in [6, 6.07) is 0. The van der Waals surface area contributed by atoms with E-state index < -0.39 is 5.97 Å². The molecule has 0 aromatic carbocycles. The molecule has 4 nitrogen and oxygen atoms in total. The molecule has 0 radical (unpaired) electrons. The normalized spacial score (nSPS) is 23.5. The third-order valence-corrected chi connectivity index (χ3v) is 7.54. The molecule has 33 heavy (non-hydrogen) atoms. The zero-order chi connectivity index (χ0) is 23.8. The van der Waals surface area contributed by atoms with E-state index in [9.17, 15) is 0 Å². The molecule has 1 aliphatic carbocycles. The molecule has 2 fully saturated rings. The zero-order valence-electron chi connectivity index (χ0n) is 22.6. The lowest BCUT2D eigenvalue weighted by Crippen LogP contribution is -2.48. The summed E-state index contributed by atoms with van der Waals surface area (Å²) in [6.45, 7) is 11.1. The highest BCUT2D eigenvalue weighted by molar-refractivity contribution is 4.93. The van der Waals surface area contributed by atoms with Crippen molar-refractivity contribution in [2.75, 3.05) is 19.8 Å². The van der Waals surface area contributed by atoms with Crippen LogP contribution in [-0.2, 0) is 18.9 Å². The highest BCUT2D eigenvalue weighted by Crippen LogP contribution is 2.45. The van der Waals surface area contributed by atoms with Crippen molar-refractivity contribution >= 4 is 0 Å². The molecule has 1 saturated carbocycles. The third-order valence-electron chi connectivity index (χ3n) is 7.54. The van der Waals surface area contributed by atoms with E-state index in [1.54, 1.807) is 0 Å². The van der Waals surface area contributed by atoms with Crippen LogP contribution in [0, 0.1) is 11.8 Å². The molecule has 0 bridgehead atoms. The fourth-order valence-corrected chi connectivity index (χ4v) is 5.27. The zero-order valence-corrected chi connectivity index (χ0v) is 22.6. The van der Waals surface area contributed by atoms with Crippen molar-refractivity contribution in [1.82, 2.24) is 0 Å². The van der Waals surface area contributed by atoms with Crippen molar-refractivity contribution in [3.8, 4) is 0 Å². The molecule has 0 N–H and O–H groups in total. The van der Waals surface area contributed by atoms with Crippen LogP contribution in [0.1, 0.15) is 137 Å². The van der Waals surface area contributed by atoms with Crippen molar-refractivity contribution in [2.45, 2.75) is 155 Å². The van der Waals surface area contributed by atoms with E-state index in [0.717, 1.165) is 71.2 Å². The minimum Gasteiger partial charge on any atom is -0.370 e. The van der Waals surface area contributed by atoms with Crippen molar-refractivity contribution in [2.24, 2.45) is 11.8 Å². The van der Waals surface area contributed by atoms with Crippen molar-refractivity contribution in [3.63, 3.8) is 0 Å². The molecule has 2 aliphatic rings. The summed E-state index contributed by atoms with van der Waals surface area (Å²) in [7, 11) is 0. The number of hydrogen-bond acceptors (Lipinski definition) is 4. The predicted molar refractivity (Wildman–Crippen MR) is 137 cm³/mol. The molecule has 2 rings (SSSR count). The largest absolute Gasteiger partial charge is 0.370 e. The van der Waals surface area contributed by atoms with E-state index in [1.807, 2.05) is 0 Å². The molecule has 4 atom stereocenters. The van der Waals surface area contributed by atoms with Crippen LogP contribution in [-0.4, -0.2) is 38.0 Å². The monoisotopic (exact) mass is 468 g/mol. The van der Waals surface area contributed by atoms with Crippen LogP contribution >= 0.6 is 0 Å². The maximum Gasteiger partial charge on any atom is 0.285 e. The number of hydrogen-bond donors (Lipinski definition) is 0. The molecule has 196 valence electrons. The minimum absolute atomic E-state index is 0.301. The Balaban J connectivity index is 2.11. The number of ether oxygens (including phenoxy) is 4. The van der Waals surface area contributed by atoms with E-state index in [0.29, 0.717) is 24.0 Å². The molecular weight excluding hydrogens is 412 g/mol. The Kier molecular flexibility index (Phi) is 15.2. The van der Waals surface area contributed by atoms with Gasteiger partial charge in [0.15, 0.2) is 0 Å². The van der Waals surface area contributed by atoms with Crippen molar-refractivity contribution in [1.29, 1.82) is 0 Å². The average Bonchev–Trinajstić information content (AvgIpc) is 3.59. The summed E-state index contributed by atoms with van der Waals surface area (Å²) < 4.78 is 25.7. The van der Waals surface area contributed by atoms with Gasteiger partial charge in [-0.2, -0.15) is 0 Å². The molecule has 0 amide bonds. The van der Waals surface area contributed by atoms with Crippen LogP contribution < -0.4 is 0 Å². The van der Waals surface area contributed by atoms with Crippen LogP contribution in [0.5, 0.6) is 0 Å². The second-order valence-corrected chi connectivity index (χ2v) is 10.6. The number of fused-ring (bicyclic) bond motifs is 1. The lowest BCUT2D eigenvalue weighted by Gasteiger charge is -2.41. The maximum atomic E-state index is 6.62.